The molecule has 0 amide bonds. The lowest BCUT2D eigenvalue weighted by molar-refractivity contribution is 0.303. The van der Waals surface area contributed by atoms with E-state index in [1.54, 1.807) is 13.0 Å². The second-order valence-electron chi connectivity index (χ2n) is 4.18. The lowest BCUT2D eigenvalue weighted by Gasteiger charge is -2.25. The molecule has 0 spiro atoms. The van der Waals surface area contributed by atoms with Crippen LogP contribution in [0.15, 0.2) is 6.07 Å². The van der Waals surface area contributed by atoms with E-state index in [2.05, 4.69) is 15.3 Å². The van der Waals surface area contributed by atoms with E-state index in [1.165, 1.54) is 19.3 Å². The zero-order valence-electron chi connectivity index (χ0n) is 8.96. The highest BCUT2D eigenvalue weighted by molar-refractivity contribution is 5.34. The van der Waals surface area contributed by atoms with E-state index < -0.39 is 6.08 Å². The molecule has 82 valence electrons. The van der Waals surface area contributed by atoms with E-state index >= 15 is 0 Å². The van der Waals surface area contributed by atoms with Crippen molar-refractivity contribution < 1.29 is 4.39 Å². The van der Waals surface area contributed by atoms with Crippen LogP contribution in [0.4, 0.5) is 10.2 Å². The van der Waals surface area contributed by atoms with Crippen molar-refractivity contribution in [1.29, 1.82) is 0 Å². The molecule has 1 fully saturated rings. The van der Waals surface area contributed by atoms with E-state index in [-0.39, 0.29) is 0 Å². The van der Waals surface area contributed by atoms with Crippen LogP contribution in [0.1, 0.15) is 31.4 Å². The van der Waals surface area contributed by atoms with E-state index in [0.717, 1.165) is 18.9 Å². The maximum absolute atomic E-state index is 12.8. The van der Waals surface area contributed by atoms with Crippen molar-refractivity contribution in [2.45, 2.75) is 32.6 Å². The van der Waals surface area contributed by atoms with E-state index in [9.17, 15) is 4.39 Å². The average molecular weight is 209 g/mol. The average Bonchev–Trinajstić information content (AvgIpc) is 2.07. The first-order valence-electron chi connectivity index (χ1n) is 5.49. The normalized spacial score (nSPS) is 16.1. The van der Waals surface area contributed by atoms with Gasteiger partial charge < -0.3 is 5.32 Å². The Balaban J connectivity index is 1.81. The molecule has 2 rings (SSSR count). The molecule has 1 aliphatic rings. The van der Waals surface area contributed by atoms with Crippen molar-refractivity contribution in [2.75, 3.05) is 11.9 Å². The largest absolute Gasteiger partial charge is 0.370 e. The van der Waals surface area contributed by atoms with Gasteiger partial charge in [0.05, 0.1) is 0 Å². The molecule has 0 saturated heterocycles. The molecule has 1 aromatic heterocycles. The summed E-state index contributed by atoms with van der Waals surface area (Å²) < 4.78 is 12.8. The molecule has 1 N–H and O–H groups in total. The second kappa shape index (κ2) is 4.55. The first-order chi connectivity index (χ1) is 7.24. The van der Waals surface area contributed by atoms with Gasteiger partial charge in [-0.15, -0.1) is 0 Å². The summed E-state index contributed by atoms with van der Waals surface area (Å²) in [6.45, 7) is 2.64. The van der Waals surface area contributed by atoms with Crippen LogP contribution in [0.2, 0.25) is 0 Å². The molecular weight excluding hydrogens is 193 g/mol. The lowest BCUT2D eigenvalue weighted by Crippen LogP contribution is -2.16. The van der Waals surface area contributed by atoms with Gasteiger partial charge in [0, 0.05) is 18.3 Å². The van der Waals surface area contributed by atoms with Gasteiger partial charge in [0.2, 0.25) is 0 Å². The van der Waals surface area contributed by atoms with Crippen molar-refractivity contribution in [2.24, 2.45) is 5.92 Å². The smallest absolute Gasteiger partial charge is 0.310 e. The summed E-state index contributed by atoms with van der Waals surface area (Å²) in [6, 6.07) is 1.77. The van der Waals surface area contributed by atoms with Crippen molar-refractivity contribution in [3.05, 3.63) is 17.8 Å². The Morgan fingerprint density at radius 2 is 2.27 bits per heavy atom. The maximum Gasteiger partial charge on any atom is 0.310 e. The number of aromatic nitrogens is 2. The highest BCUT2D eigenvalue weighted by atomic mass is 19.1. The van der Waals surface area contributed by atoms with Gasteiger partial charge in [-0.05, 0) is 19.3 Å². The second-order valence-corrected chi connectivity index (χ2v) is 4.18. The number of halogens is 1. The number of nitrogens with zero attached hydrogens (tertiary/aromatic N) is 2. The molecule has 1 aliphatic carbocycles. The Bertz CT molecular complexity index is 316. The van der Waals surface area contributed by atoms with Gasteiger partial charge in [-0.3, -0.25) is 0 Å². The molecule has 0 radical (unpaired) electrons. The number of hydrogen-bond donors (Lipinski definition) is 1. The summed E-state index contributed by atoms with van der Waals surface area (Å²) in [7, 11) is 0. The first kappa shape index (κ1) is 10.3. The highest BCUT2D eigenvalue weighted by Gasteiger charge is 2.16. The van der Waals surface area contributed by atoms with Crippen LogP contribution in [-0.2, 0) is 0 Å². The predicted octanol–water partition coefficient (Wildman–Crippen LogP) is 2.53. The number of anilines is 1. The topological polar surface area (TPSA) is 37.8 Å². The molecule has 3 nitrogen and oxygen atoms in total. The van der Waals surface area contributed by atoms with Crippen LogP contribution in [0.3, 0.4) is 0 Å². The van der Waals surface area contributed by atoms with Gasteiger partial charge >= 0.3 is 6.08 Å². The van der Waals surface area contributed by atoms with E-state index in [1.807, 2.05) is 0 Å². The fourth-order valence-corrected chi connectivity index (χ4v) is 1.81. The summed E-state index contributed by atoms with van der Waals surface area (Å²) in [6.07, 6.45) is 4.56. The van der Waals surface area contributed by atoms with E-state index in [4.69, 9.17) is 0 Å². The molecule has 0 unspecified atom stereocenters. The molecule has 0 bridgehead atoms. The quantitative estimate of drug-likeness (QED) is 0.774. The number of aryl methyl sites for hydroxylation is 1. The maximum atomic E-state index is 12.8. The molecule has 0 atom stereocenters. The molecule has 0 aromatic carbocycles. The number of rotatable bonds is 4. The van der Waals surface area contributed by atoms with Crippen molar-refractivity contribution in [3.63, 3.8) is 0 Å². The minimum absolute atomic E-state index is 0.597. The van der Waals surface area contributed by atoms with Crippen molar-refractivity contribution in [1.82, 2.24) is 9.97 Å². The SMILES string of the molecule is Cc1cc(NCCC2CCC2)nc(F)n1. The number of hydrogen-bond acceptors (Lipinski definition) is 3. The molecular formula is C11H16FN3. The Labute approximate surface area is 89.1 Å². The summed E-state index contributed by atoms with van der Waals surface area (Å²) >= 11 is 0. The minimum Gasteiger partial charge on any atom is -0.370 e. The van der Waals surface area contributed by atoms with Crippen LogP contribution in [0.25, 0.3) is 0 Å². The Morgan fingerprint density at radius 1 is 1.47 bits per heavy atom. The van der Waals surface area contributed by atoms with Gasteiger partial charge in [0.15, 0.2) is 0 Å². The van der Waals surface area contributed by atoms with Gasteiger partial charge in [-0.2, -0.15) is 9.37 Å². The van der Waals surface area contributed by atoms with Gasteiger partial charge in [-0.25, -0.2) is 4.98 Å². The van der Waals surface area contributed by atoms with Crippen LogP contribution in [0.5, 0.6) is 0 Å². The monoisotopic (exact) mass is 209 g/mol. The van der Waals surface area contributed by atoms with Crippen LogP contribution < -0.4 is 5.32 Å². The molecule has 0 aliphatic heterocycles. The minimum atomic E-state index is -0.652. The van der Waals surface area contributed by atoms with Crippen LogP contribution >= 0.6 is 0 Å². The Morgan fingerprint density at radius 3 is 2.87 bits per heavy atom. The Hall–Kier alpha value is -1.19. The predicted molar refractivity (Wildman–Crippen MR) is 57.2 cm³/mol. The molecule has 1 aromatic rings. The first-order valence-corrected chi connectivity index (χ1v) is 5.49. The molecule has 15 heavy (non-hydrogen) atoms. The van der Waals surface area contributed by atoms with Crippen LogP contribution in [-0.4, -0.2) is 16.5 Å². The fraction of sp³-hybridized carbons (Fsp3) is 0.636. The third-order valence-electron chi connectivity index (χ3n) is 2.91. The van der Waals surface area contributed by atoms with Crippen LogP contribution in [0, 0.1) is 18.9 Å². The fourth-order valence-electron chi connectivity index (χ4n) is 1.81. The molecule has 4 heteroatoms. The molecule has 1 saturated carbocycles. The van der Waals surface area contributed by atoms with Gasteiger partial charge in [-0.1, -0.05) is 19.3 Å². The highest BCUT2D eigenvalue weighted by Crippen LogP contribution is 2.29. The molecule has 1 heterocycles. The summed E-state index contributed by atoms with van der Waals surface area (Å²) in [4.78, 5) is 7.27. The summed E-state index contributed by atoms with van der Waals surface area (Å²) in [5.41, 5.74) is 0.661. The zero-order valence-corrected chi connectivity index (χ0v) is 8.96. The van der Waals surface area contributed by atoms with E-state index in [0.29, 0.717) is 11.5 Å². The zero-order chi connectivity index (χ0) is 10.7. The third-order valence-corrected chi connectivity index (χ3v) is 2.91. The van der Waals surface area contributed by atoms with Crippen molar-refractivity contribution in [3.8, 4) is 0 Å². The lowest BCUT2D eigenvalue weighted by atomic mass is 9.83. The number of nitrogens with one attached hydrogen (secondary N) is 1. The third kappa shape index (κ3) is 2.88. The van der Waals surface area contributed by atoms with Crippen molar-refractivity contribution >= 4 is 5.82 Å². The summed E-state index contributed by atoms with van der Waals surface area (Å²) in [5.74, 6) is 1.46. The Kier molecular flexibility index (Phi) is 3.14. The summed E-state index contributed by atoms with van der Waals surface area (Å²) in [5, 5.41) is 3.13. The standard InChI is InChI=1S/C11H16FN3/c1-8-7-10(15-11(12)14-8)13-6-5-9-3-2-4-9/h7,9H,2-6H2,1H3,(H,13,14,15). The van der Waals surface area contributed by atoms with Gasteiger partial charge in [0.25, 0.3) is 0 Å². The van der Waals surface area contributed by atoms with Gasteiger partial charge in [0.1, 0.15) is 5.82 Å².